The van der Waals surface area contributed by atoms with Crippen LogP contribution in [-0.2, 0) is 4.79 Å². The summed E-state index contributed by atoms with van der Waals surface area (Å²) < 4.78 is 15.8. The molecule has 0 saturated heterocycles. The SMILES string of the molecule is O=C(CSc1nc2c(F)cc(Br)cc2s1)Nc1ncc[nH]1. The molecule has 0 aliphatic rings. The van der Waals surface area contributed by atoms with Crippen molar-refractivity contribution in [1.29, 1.82) is 0 Å². The third-order valence-corrected chi connectivity index (χ3v) is 5.08. The lowest BCUT2D eigenvalue weighted by Gasteiger charge is -1.99. The van der Waals surface area contributed by atoms with Gasteiger partial charge in [0.2, 0.25) is 11.9 Å². The Balaban J connectivity index is 1.68. The van der Waals surface area contributed by atoms with Crippen LogP contribution in [0.25, 0.3) is 10.2 Å². The molecule has 0 atom stereocenters. The molecule has 0 fully saturated rings. The van der Waals surface area contributed by atoms with Gasteiger partial charge in [0, 0.05) is 16.9 Å². The quantitative estimate of drug-likeness (QED) is 0.671. The molecule has 2 aromatic heterocycles. The third-order valence-electron chi connectivity index (χ3n) is 2.48. The third kappa shape index (κ3) is 3.42. The molecule has 2 N–H and O–H groups in total. The van der Waals surface area contributed by atoms with Gasteiger partial charge in [-0.05, 0) is 12.1 Å². The van der Waals surface area contributed by atoms with Crippen LogP contribution in [0.15, 0.2) is 33.3 Å². The fraction of sp³-hybridized carbons (Fsp3) is 0.0833. The lowest BCUT2D eigenvalue weighted by molar-refractivity contribution is -0.113. The van der Waals surface area contributed by atoms with Gasteiger partial charge >= 0.3 is 0 Å². The molecule has 0 saturated carbocycles. The van der Waals surface area contributed by atoms with Crippen LogP contribution in [0.2, 0.25) is 0 Å². The van der Waals surface area contributed by atoms with Crippen LogP contribution in [0.5, 0.6) is 0 Å². The summed E-state index contributed by atoms with van der Waals surface area (Å²) in [4.78, 5) is 22.6. The van der Waals surface area contributed by atoms with E-state index in [2.05, 4.69) is 36.2 Å². The fourth-order valence-corrected chi connectivity index (χ4v) is 4.12. The number of anilines is 1. The molecule has 0 bridgehead atoms. The summed E-state index contributed by atoms with van der Waals surface area (Å²) in [6.45, 7) is 0. The number of hydrogen-bond acceptors (Lipinski definition) is 5. The molecule has 0 aliphatic heterocycles. The summed E-state index contributed by atoms with van der Waals surface area (Å²) >= 11 is 5.86. The van der Waals surface area contributed by atoms with E-state index < -0.39 is 0 Å². The topological polar surface area (TPSA) is 70.7 Å². The summed E-state index contributed by atoms with van der Waals surface area (Å²) in [6.07, 6.45) is 3.17. The van der Waals surface area contributed by atoms with Crippen molar-refractivity contribution in [3.8, 4) is 0 Å². The minimum atomic E-state index is -0.373. The Morgan fingerprint density at radius 3 is 3.14 bits per heavy atom. The minimum absolute atomic E-state index is 0.184. The highest BCUT2D eigenvalue weighted by Gasteiger charge is 2.12. The Hall–Kier alpha value is -1.45. The van der Waals surface area contributed by atoms with Crippen molar-refractivity contribution in [2.75, 3.05) is 11.1 Å². The lowest BCUT2D eigenvalue weighted by atomic mass is 10.3. The number of amides is 1. The Morgan fingerprint density at radius 1 is 1.52 bits per heavy atom. The zero-order valence-electron chi connectivity index (χ0n) is 10.4. The highest BCUT2D eigenvalue weighted by molar-refractivity contribution is 9.10. The van der Waals surface area contributed by atoms with Crippen LogP contribution in [0.1, 0.15) is 0 Å². The average molecular weight is 387 g/mol. The maximum absolute atomic E-state index is 13.7. The number of imidazole rings is 1. The summed E-state index contributed by atoms with van der Waals surface area (Å²) in [5.41, 5.74) is 0.331. The number of nitrogens with one attached hydrogen (secondary N) is 2. The zero-order valence-corrected chi connectivity index (χ0v) is 13.6. The smallest absolute Gasteiger partial charge is 0.237 e. The first-order valence-corrected chi connectivity index (χ1v) is 8.39. The van der Waals surface area contributed by atoms with Gasteiger partial charge < -0.3 is 4.98 Å². The van der Waals surface area contributed by atoms with Crippen molar-refractivity contribution in [3.05, 3.63) is 34.8 Å². The molecule has 108 valence electrons. The number of aromatic amines is 1. The molecule has 0 spiro atoms. The van der Waals surface area contributed by atoms with E-state index >= 15 is 0 Å². The normalized spacial score (nSPS) is 11.0. The number of aromatic nitrogens is 3. The Morgan fingerprint density at radius 2 is 2.38 bits per heavy atom. The number of halogens is 2. The van der Waals surface area contributed by atoms with Crippen molar-refractivity contribution in [2.45, 2.75) is 4.34 Å². The van der Waals surface area contributed by atoms with Crippen molar-refractivity contribution in [1.82, 2.24) is 15.0 Å². The molecule has 9 heteroatoms. The number of thiazole rings is 1. The summed E-state index contributed by atoms with van der Waals surface area (Å²) in [5.74, 6) is 0.0155. The summed E-state index contributed by atoms with van der Waals surface area (Å²) in [6, 6.07) is 3.18. The van der Waals surface area contributed by atoms with E-state index in [0.29, 0.717) is 20.3 Å². The Bertz CT molecular complexity index is 790. The second-order valence-electron chi connectivity index (χ2n) is 3.99. The fourth-order valence-electron chi connectivity index (χ4n) is 1.63. The van der Waals surface area contributed by atoms with Crippen LogP contribution >= 0.6 is 39.0 Å². The molecule has 3 aromatic rings. The van der Waals surface area contributed by atoms with E-state index in [1.807, 2.05) is 6.07 Å². The number of rotatable bonds is 4. The van der Waals surface area contributed by atoms with E-state index in [0.717, 1.165) is 4.70 Å². The van der Waals surface area contributed by atoms with Crippen molar-refractivity contribution >= 4 is 61.1 Å². The standard InChI is InChI=1S/C12H8BrFN4OS2/c13-6-3-7(14)10-8(4-6)21-12(18-10)20-5-9(19)17-11-15-1-2-16-11/h1-4H,5H2,(H2,15,16,17,19). The van der Waals surface area contributed by atoms with E-state index in [-0.39, 0.29) is 17.5 Å². The van der Waals surface area contributed by atoms with Crippen LogP contribution in [0.3, 0.4) is 0 Å². The summed E-state index contributed by atoms with van der Waals surface area (Å²) in [5, 5.41) is 2.62. The molecule has 3 rings (SSSR count). The first-order chi connectivity index (χ1) is 10.1. The zero-order chi connectivity index (χ0) is 14.8. The number of hydrogen-bond donors (Lipinski definition) is 2. The highest BCUT2D eigenvalue weighted by Crippen LogP contribution is 2.32. The van der Waals surface area contributed by atoms with Gasteiger partial charge in [0.05, 0.1) is 10.5 Å². The molecule has 0 aliphatic carbocycles. The van der Waals surface area contributed by atoms with Crippen molar-refractivity contribution in [3.63, 3.8) is 0 Å². The van der Waals surface area contributed by atoms with Gasteiger partial charge in [0.15, 0.2) is 10.2 Å². The number of thioether (sulfide) groups is 1. The van der Waals surface area contributed by atoms with Gasteiger partial charge in [0.25, 0.3) is 0 Å². The molecule has 5 nitrogen and oxygen atoms in total. The first-order valence-electron chi connectivity index (χ1n) is 5.79. The van der Waals surface area contributed by atoms with Crippen LogP contribution in [0.4, 0.5) is 10.3 Å². The second-order valence-corrected chi connectivity index (χ2v) is 7.16. The predicted octanol–water partition coefficient (Wildman–Crippen LogP) is 3.65. The number of carbonyl (C=O) groups is 1. The minimum Gasteiger partial charge on any atom is -0.331 e. The van der Waals surface area contributed by atoms with E-state index in [1.165, 1.54) is 29.2 Å². The highest BCUT2D eigenvalue weighted by atomic mass is 79.9. The molecule has 1 amide bonds. The van der Waals surface area contributed by atoms with Gasteiger partial charge in [-0.1, -0.05) is 27.7 Å². The van der Waals surface area contributed by atoms with Gasteiger partial charge in [-0.2, -0.15) is 0 Å². The predicted molar refractivity (Wildman–Crippen MR) is 85.2 cm³/mol. The van der Waals surface area contributed by atoms with Crippen molar-refractivity contribution in [2.24, 2.45) is 0 Å². The van der Waals surface area contributed by atoms with Gasteiger partial charge in [0.1, 0.15) is 5.52 Å². The summed E-state index contributed by atoms with van der Waals surface area (Å²) in [7, 11) is 0. The van der Waals surface area contributed by atoms with Crippen LogP contribution in [-0.4, -0.2) is 26.6 Å². The largest absolute Gasteiger partial charge is 0.331 e. The number of benzene rings is 1. The Kier molecular flexibility index (Phi) is 4.22. The maximum Gasteiger partial charge on any atom is 0.237 e. The average Bonchev–Trinajstić information content (AvgIpc) is 3.05. The van der Waals surface area contributed by atoms with Gasteiger partial charge in [-0.25, -0.2) is 14.4 Å². The van der Waals surface area contributed by atoms with Crippen molar-refractivity contribution < 1.29 is 9.18 Å². The van der Waals surface area contributed by atoms with Gasteiger partial charge in [-0.3, -0.25) is 10.1 Å². The molecule has 0 unspecified atom stereocenters. The number of nitrogens with zero attached hydrogens (tertiary/aromatic N) is 2. The number of fused-ring (bicyclic) bond motifs is 1. The second kappa shape index (κ2) is 6.12. The molecular weight excluding hydrogens is 379 g/mol. The van der Waals surface area contributed by atoms with E-state index in [4.69, 9.17) is 0 Å². The number of carbonyl (C=O) groups excluding carboxylic acids is 1. The van der Waals surface area contributed by atoms with Gasteiger partial charge in [-0.15, -0.1) is 11.3 Å². The van der Waals surface area contributed by atoms with E-state index in [1.54, 1.807) is 12.4 Å². The molecular formula is C12H8BrFN4OS2. The molecule has 0 radical (unpaired) electrons. The molecule has 2 heterocycles. The monoisotopic (exact) mass is 386 g/mol. The van der Waals surface area contributed by atoms with Crippen LogP contribution in [0, 0.1) is 5.82 Å². The molecule has 21 heavy (non-hydrogen) atoms. The van der Waals surface area contributed by atoms with Crippen LogP contribution < -0.4 is 5.32 Å². The Labute approximate surface area is 135 Å². The number of H-pyrrole nitrogens is 1. The molecule has 1 aromatic carbocycles. The maximum atomic E-state index is 13.7. The lowest BCUT2D eigenvalue weighted by Crippen LogP contribution is -2.14. The van der Waals surface area contributed by atoms with E-state index in [9.17, 15) is 9.18 Å². The first kappa shape index (κ1) is 14.5.